The van der Waals surface area contributed by atoms with Crippen LogP contribution in [0.4, 0.5) is 11.4 Å². The van der Waals surface area contributed by atoms with E-state index in [1.807, 2.05) is 24.3 Å². The largest absolute Gasteiger partial charge is 0.463 e. The Labute approximate surface area is 221 Å². The number of anilines is 2. The summed E-state index contributed by atoms with van der Waals surface area (Å²) in [6.07, 6.45) is 3.81. The van der Waals surface area contributed by atoms with Crippen LogP contribution >= 0.6 is 22.9 Å². The predicted octanol–water partition coefficient (Wildman–Crippen LogP) is 3.48. The van der Waals surface area contributed by atoms with E-state index < -0.39 is 10.1 Å². The molecule has 0 saturated carbocycles. The topological polar surface area (TPSA) is 153 Å². The smallest absolute Gasteiger partial charge is 0.289 e. The van der Waals surface area contributed by atoms with Gasteiger partial charge < -0.3 is 15.0 Å². The Hall–Kier alpha value is -3.52. The number of hydrogen-bond acceptors (Lipinski definition) is 8. The number of amidine groups is 1. The molecule has 0 bridgehead atoms. The fourth-order valence-corrected chi connectivity index (χ4v) is 4.77. The molecular formula is C23H22ClN5O6S2. The number of thiophene rings is 1. The van der Waals surface area contributed by atoms with E-state index >= 15 is 0 Å². The Morgan fingerprint density at radius 1 is 1.30 bits per heavy atom. The highest BCUT2D eigenvalue weighted by atomic mass is 35.5. The van der Waals surface area contributed by atoms with Crippen molar-refractivity contribution in [3.8, 4) is 0 Å². The number of nitrogens with one attached hydrogen (secondary N) is 2. The number of halogens is 1. The van der Waals surface area contributed by atoms with Crippen molar-refractivity contribution in [2.75, 3.05) is 29.6 Å². The van der Waals surface area contributed by atoms with Crippen LogP contribution in [-0.2, 0) is 27.9 Å². The van der Waals surface area contributed by atoms with Crippen LogP contribution in [0.5, 0.6) is 0 Å². The monoisotopic (exact) mass is 563 g/mol. The van der Waals surface area contributed by atoms with Gasteiger partial charge in [-0.15, -0.1) is 11.3 Å². The SMILES string of the molecule is CS(=O)(=O)O.N=C1OCCN1c1cccc(CN2Cc3c(NC(=O)c4ccc(Cl)s4)cncc3C2=O)c1. The molecule has 1 fully saturated rings. The highest BCUT2D eigenvalue weighted by molar-refractivity contribution is 7.85. The minimum Gasteiger partial charge on any atom is -0.463 e. The number of hydrogen-bond donors (Lipinski definition) is 3. The Balaban J connectivity index is 0.000000586. The van der Waals surface area contributed by atoms with Gasteiger partial charge in [-0.1, -0.05) is 23.7 Å². The molecule has 2 amide bonds. The quantitative estimate of drug-likeness (QED) is 0.399. The summed E-state index contributed by atoms with van der Waals surface area (Å²) in [4.78, 5) is 33.7. The molecule has 0 unspecified atom stereocenters. The number of ether oxygens (including phenoxy) is 1. The average molecular weight is 564 g/mol. The van der Waals surface area contributed by atoms with E-state index in [0.29, 0.717) is 53.0 Å². The molecule has 0 radical (unpaired) electrons. The number of benzene rings is 1. The van der Waals surface area contributed by atoms with Crippen molar-refractivity contribution in [2.24, 2.45) is 0 Å². The fourth-order valence-electron chi connectivity index (χ4n) is 3.83. The second-order valence-electron chi connectivity index (χ2n) is 8.14. The summed E-state index contributed by atoms with van der Waals surface area (Å²) >= 11 is 7.12. The normalized spacial score (nSPS) is 14.7. The van der Waals surface area contributed by atoms with E-state index in [0.717, 1.165) is 16.8 Å². The lowest BCUT2D eigenvalue weighted by Gasteiger charge is -2.19. The molecule has 2 aliphatic heterocycles. The third kappa shape index (κ3) is 6.63. The molecule has 1 aromatic carbocycles. The number of rotatable bonds is 5. The summed E-state index contributed by atoms with van der Waals surface area (Å²) in [6, 6.07) is 11.2. The number of pyridine rings is 1. The standard InChI is InChI=1S/C22H18ClN5O3S.CH4O3S/c23-19-5-4-18(32-19)20(29)26-17-10-25-9-15-16(17)12-27(21(15)30)11-13-2-1-3-14(8-13)28-6-7-31-22(28)24;1-5(2,3)4/h1-5,8-10,24H,6-7,11-12H2,(H,26,29);1H3,(H,2,3,4). The molecule has 1 saturated heterocycles. The maximum absolute atomic E-state index is 13.0. The highest BCUT2D eigenvalue weighted by Gasteiger charge is 2.31. The molecule has 2 aliphatic rings. The molecule has 0 aliphatic carbocycles. The summed E-state index contributed by atoms with van der Waals surface area (Å²) in [5.41, 5.74) is 3.54. The van der Waals surface area contributed by atoms with Crippen LogP contribution in [-0.4, -0.2) is 60.1 Å². The Bertz CT molecular complexity index is 1470. The van der Waals surface area contributed by atoms with Crippen molar-refractivity contribution >= 4 is 62.3 Å². The van der Waals surface area contributed by atoms with E-state index in [4.69, 9.17) is 26.3 Å². The van der Waals surface area contributed by atoms with Crippen LogP contribution in [0.3, 0.4) is 0 Å². The zero-order valence-corrected chi connectivity index (χ0v) is 21.9. The highest BCUT2D eigenvalue weighted by Crippen LogP contribution is 2.31. The van der Waals surface area contributed by atoms with Crippen LogP contribution < -0.4 is 10.2 Å². The van der Waals surface area contributed by atoms with E-state index in [9.17, 15) is 18.0 Å². The summed E-state index contributed by atoms with van der Waals surface area (Å²) in [5.74, 6) is -0.420. The minimum absolute atomic E-state index is 0.130. The van der Waals surface area contributed by atoms with Gasteiger partial charge in [0.1, 0.15) is 6.61 Å². The van der Waals surface area contributed by atoms with Crippen LogP contribution in [0.25, 0.3) is 0 Å². The lowest BCUT2D eigenvalue weighted by Crippen LogP contribution is -2.25. The number of carbonyl (C=O) groups is 2. The van der Waals surface area contributed by atoms with Gasteiger partial charge in [-0.2, -0.15) is 8.42 Å². The van der Waals surface area contributed by atoms with Gasteiger partial charge >= 0.3 is 0 Å². The zero-order chi connectivity index (χ0) is 26.7. The Morgan fingerprint density at radius 3 is 2.70 bits per heavy atom. The van der Waals surface area contributed by atoms with E-state index in [1.54, 1.807) is 28.1 Å². The number of nitrogens with zero attached hydrogens (tertiary/aromatic N) is 3. The molecule has 3 N–H and O–H groups in total. The Morgan fingerprint density at radius 2 is 2.05 bits per heavy atom. The molecule has 0 atom stereocenters. The number of aromatic nitrogens is 1. The van der Waals surface area contributed by atoms with Crippen molar-refractivity contribution in [1.29, 1.82) is 5.41 Å². The third-order valence-electron chi connectivity index (χ3n) is 5.36. The van der Waals surface area contributed by atoms with Gasteiger partial charge in [0, 0.05) is 30.5 Å². The number of amides is 2. The molecule has 3 aromatic rings. The van der Waals surface area contributed by atoms with Crippen LogP contribution in [0.15, 0.2) is 48.8 Å². The van der Waals surface area contributed by atoms with Gasteiger partial charge in [0.25, 0.3) is 28.0 Å². The maximum Gasteiger partial charge on any atom is 0.289 e. The number of carbonyl (C=O) groups excluding carboxylic acids is 2. The van der Waals surface area contributed by atoms with Gasteiger partial charge in [0.15, 0.2) is 0 Å². The molecule has 0 spiro atoms. The second-order valence-corrected chi connectivity index (χ2v) is 11.3. The van der Waals surface area contributed by atoms with Crippen LogP contribution in [0.1, 0.15) is 31.2 Å². The van der Waals surface area contributed by atoms with Crippen molar-refractivity contribution in [1.82, 2.24) is 9.88 Å². The first-order chi connectivity index (χ1) is 17.5. The minimum atomic E-state index is -3.67. The lowest BCUT2D eigenvalue weighted by atomic mass is 10.1. The molecule has 4 heterocycles. The Kier molecular flexibility index (Phi) is 7.78. The van der Waals surface area contributed by atoms with Crippen molar-refractivity contribution < 1.29 is 27.3 Å². The van der Waals surface area contributed by atoms with Crippen molar-refractivity contribution in [3.05, 3.63) is 74.7 Å². The maximum atomic E-state index is 13.0. The first kappa shape index (κ1) is 26.5. The summed E-state index contributed by atoms with van der Waals surface area (Å²) < 4.78 is 31.6. The second kappa shape index (κ2) is 10.8. The lowest BCUT2D eigenvalue weighted by molar-refractivity contribution is 0.0766. The molecule has 194 valence electrons. The van der Waals surface area contributed by atoms with Crippen molar-refractivity contribution in [3.63, 3.8) is 0 Å². The molecular weight excluding hydrogens is 542 g/mol. The van der Waals surface area contributed by atoms with Gasteiger partial charge in [-0.05, 0) is 29.8 Å². The number of fused-ring (bicyclic) bond motifs is 1. The summed E-state index contributed by atoms with van der Waals surface area (Å²) in [6.45, 7) is 1.88. The third-order valence-corrected chi connectivity index (χ3v) is 6.59. The first-order valence-electron chi connectivity index (χ1n) is 10.8. The molecule has 37 heavy (non-hydrogen) atoms. The van der Waals surface area contributed by atoms with Gasteiger partial charge in [0.05, 0.1) is 39.5 Å². The zero-order valence-electron chi connectivity index (χ0n) is 19.5. The van der Waals surface area contributed by atoms with Crippen molar-refractivity contribution in [2.45, 2.75) is 13.1 Å². The van der Waals surface area contributed by atoms with Crippen LogP contribution in [0, 0.1) is 5.41 Å². The molecule has 14 heteroatoms. The van der Waals surface area contributed by atoms with Gasteiger partial charge in [-0.25, -0.2) is 0 Å². The van der Waals surface area contributed by atoms with E-state index in [-0.39, 0.29) is 17.8 Å². The summed E-state index contributed by atoms with van der Waals surface area (Å²) in [5, 5.41) is 10.7. The van der Waals surface area contributed by atoms with E-state index in [1.165, 1.54) is 17.5 Å². The first-order valence-corrected chi connectivity index (χ1v) is 13.9. The average Bonchev–Trinajstić information content (AvgIpc) is 3.53. The predicted molar refractivity (Wildman–Crippen MR) is 140 cm³/mol. The molecule has 5 rings (SSSR count). The van der Waals surface area contributed by atoms with Gasteiger partial charge in [-0.3, -0.25) is 29.4 Å². The molecule has 2 aromatic heterocycles. The summed E-state index contributed by atoms with van der Waals surface area (Å²) in [7, 11) is -3.67. The van der Waals surface area contributed by atoms with Crippen LogP contribution in [0.2, 0.25) is 4.34 Å². The van der Waals surface area contributed by atoms with Gasteiger partial charge in [0.2, 0.25) is 0 Å². The molecule has 11 nitrogen and oxygen atoms in total. The fraction of sp³-hybridized carbons (Fsp3) is 0.217. The van der Waals surface area contributed by atoms with E-state index in [2.05, 4.69) is 10.3 Å².